The molecule has 0 aromatic heterocycles. The molecule has 0 aliphatic heterocycles. The number of nitro groups is 1. The van der Waals surface area contributed by atoms with Crippen LogP contribution in [0, 0.1) is 10.1 Å². The van der Waals surface area contributed by atoms with E-state index in [9.17, 15) is 10.1 Å². The molecular weight excluding hydrogens is 264 g/mol. The van der Waals surface area contributed by atoms with Crippen LogP contribution in [0.15, 0.2) is 24.3 Å². The van der Waals surface area contributed by atoms with E-state index in [0.717, 1.165) is 13.0 Å². The van der Waals surface area contributed by atoms with Gasteiger partial charge in [0.15, 0.2) is 0 Å². The number of nitrogens with zero attached hydrogens (tertiary/aromatic N) is 1. The first-order chi connectivity index (χ1) is 9.74. The lowest BCUT2D eigenvalue weighted by Crippen LogP contribution is -2.23. The zero-order valence-electron chi connectivity index (χ0n) is 11.3. The summed E-state index contributed by atoms with van der Waals surface area (Å²) < 4.78 is 10.5. The second kappa shape index (κ2) is 10.1. The molecule has 0 bridgehead atoms. The summed E-state index contributed by atoms with van der Waals surface area (Å²) in [6.45, 7) is 3.05. The highest BCUT2D eigenvalue weighted by atomic mass is 16.6. The average molecular weight is 284 g/mol. The van der Waals surface area contributed by atoms with Crippen molar-refractivity contribution in [3.63, 3.8) is 0 Å². The van der Waals surface area contributed by atoms with Gasteiger partial charge in [0.1, 0.15) is 12.4 Å². The Morgan fingerprint density at radius 3 is 2.55 bits per heavy atom. The predicted octanol–water partition coefficient (Wildman–Crippen LogP) is 0.962. The molecule has 0 heterocycles. The van der Waals surface area contributed by atoms with Gasteiger partial charge in [0, 0.05) is 25.3 Å². The summed E-state index contributed by atoms with van der Waals surface area (Å²) in [5.74, 6) is 0.615. The van der Waals surface area contributed by atoms with Crippen molar-refractivity contribution in [3.8, 4) is 5.75 Å². The number of benzene rings is 1. The van der Waals surface area contributed by atoms with Gasteiger partial charge >= 0.3 is 0 Å². The first-order valence-electron chi connectivity index (χ1n) is 6.50. The van der Waals surface area contributed by atoms with Crippen LogP contribution < -0.4 is 10.1 Å². The number of ether oxygens (including phenoxy) is 2. The first kappa shape index (κ1) is 16.4. The molecule has 0 radical (unpaired) electrons. The summed E-state index contributed by atoms with van der Waals surface area (Å²) in [6.07, 6.45) is 0.873. The van der Waals surface area contributed by atoms with E-state index in [1.54, 1.807) is 12.1 Å². The molecule has 7 heteroatoms. The molecule has 0 saturated carbocycles. The fourth-order valence-electron chi connectivity index (χ4n) is 1.50. The largest absolute Gasteiger partial charge is 0.492 e. The van der Waals surface area contributed by atoms with Crippen molar-refractivity contribution in [3.05, 3.63) is 34.4 Å². The van der Waals surface area contributed by atoms with Gasteiger partial charge < -0.3 is 19.9 Å². The summed E-state index contributed by atoms with van der Waals surface area (Å²) >= 11 is 0. The Morgan fingerprint density at radius 2 is 1.90 bits per heavy atom. The van der Waals surface area contributed by atoms with Gasteiger partial charge in [-0.15, -0.1) is 0 Å². The SMILES string of the molecule is O=[N+]([O-])c1ccc(OCCNCCCOCCO)cc1. The molecule has 20 heavy (non-hydrogen) atoms. The van der Waals surface area contributed by atoms with Gasteiger partial charge in [0.2, 0.25) is 0 Å². The van der Waals surface area contributed by atoms with E-state index < -0.39 is 4.92 Å². The molecule has 0 unspecified atom stereocenters. The number of nitro benzene ring substituents is 1. The molecule has 0 aliphatic rings. The average Bonchev–Trinajstić information content (AvgIpc) is 2.46. The molecule has 0 aliphatic carbocycles. The smallest absolute Gasteiger partial charge is 0.269 e. The molecule has 1 aromatic carbocycles. The fraction of sp³-hybridized carbons (Fsp3) is 0.538. The molecule has 0 amide bonds. The van der Waals surface area contributed by atoms with E-state index in [1.165, 1.54) is 12.1 Å². The topological polar surface area (TPSA) is 93.9 Å². The third-order valence-electron chi connectivity index (χ3n) is 2.47. The van der Waals surface area contributed by atoms with Crippen molar-refractivity contribution < 1.29 is 19.5 Å². The van der Waals surface area contributed by atoms with Crippen molar-refractivity contribution in [1.82, 2.24) is 5.32 Å². The summed E-state index contributed by atoms with van der Waals surface area (Å²) in [4.78, 5) is 10.0. The van der Waals surface area contributed by atoms with Gasteiger partial charge in [0.05, 0.1) is 18.1 Å². The van der Waals surface area contributed by atoms with Crippen LogP contribution in [-0.4, -0.2) is 49.5 Å². The van der Waals surface area contributed by atoms with Gasteiger partial charge in [-0.1, -0.05) is 0 Å². The minimum Gasteiger partial charge on any atom is -0.492 e. The van der Waals surface area contributed by atoms with Gasteiger partial charge in [-0.3, -0.25) is 10.1 Å². The van der Waals surface area contributed by atoms with E-state index in [4.69, 9.17) is 14.6 Å². The summed E-state index contributed by atoms with van der Waals surface area (Å²) in [7, 11) is 0. The Kier molecular flexibility index (Phi) is 8.28. The van der Waals surface area contributed by atoms with Crippen LogP contribution in [0.5, 0.6) is 5.75 Å². The van der Waals surface area contributed by atoms with Crippen molar-refractivity contribution in [1.29, 1.82) is 0 Å². The maximum Gasteiger partial charge on any atom is 0.269 e. The highest BCUT2D eigenvalue weighted by molar-refractivity contribution is 5.35. The lowest BCUT2D eigenvalue weighted by atomic mass is 10.3. The zero-order chi connectivity index (χ0) is 14.6. The molecule has 7 nitrogen and oxygen atoms in total. The molecule has 1 rings (SSSR count). The normalized spacial score (nSPS) is 10.4. The van der Waals surface area contributed by atoms with Gasteiger partial charge in [-0.2, -0.15) is 0 Å². The molecule has 0 spiro atoms. The summed E-state index contributed by atoms with van der Waals surface area (Å²) in [6, 6.07) is 6.00. The van der Waals surface area contributed by atoms with Crippen molar-refractivity contribution in [2.24, 2.45) is 0 Å². The van der Waals surface area contributed by atoms with E-state index >= 15 is 0 Å². The standard InChI is InChI=1S/C13H20N2O5/c16-8-11-19-9-1-6-14-7-10-20-13-4-2-12(3-5-13)15(17)18/h2-5,14,16H,1,6-11H2. The van der Waals surface area contributed by atoms with Gasteiger partial charge in [-0.05, 0) is 25.1 Å². The molecule has 0 atom stereocenters. The number of nitrogens with one attached hydrogen (secondary N) is 1. The number of hydrogen-bond acceptors (Lipinski definition) is 6. The maximum absolute atomic E-state index is 10.5. The molecule has 1 aromatic rings. The minimum absolute atomic E-state index is 0.0521. The van der Waals surface area contributed by atoms with E-state index in [0.29, 0.717) is 32.1 Å². The quantitative estimate of drug-likeness (QED) is 0.357. The third kappa shape index (κ3) is 7.03. The molecule has 2 N–H and O–H groups in total. The highest BCUT2D eigenvalue weighted by Gasteiger charge is 2.03. The van der Waals surface area contributed by atoms with Gasteiger partial charge in [0.25, 0.3) is 5.69 Å². The second-order valence-electron chi connectivity index (χ2n) is 4.04. The van der Waals surface area contributed by atoms with Crippen molar-refractivity contribution in [2.45, 2.75) is 6.42 Å². The number of aliphatic hydroxyl groups excluding tert-OH is 1. The first-order valence-corrected chi connectivity index (χ1v) is 6.50. The number of aliphatic hydroxyl groups is 1. The monoisotopic (exact) mass is 284 g/mol. The highest BCUT2D eigenvalue weighted by Crippen LogP contribution is 2.16. The van der Waals surface area contributed by atoms with Crippen molar-refractivity contribution in [2.75, 3.05) is 39.5 Å². The van der Waals surface area contributed by atoms with E-state index in [-0.39, 0.29) is 12.3 Å². The number of hydrogen-bond donors (Lipinski definition) is 2. The van der Waals surface area contributed by atoms with Crippen LogP contribution >= 0.6 is 0 Å². The van der Waals surface area contributed by atoms with Crippen LogP contribution in [0.1, 0.15) is 6.42 Å². The van der Waals surface area contributed by atoms with Crippen LogP contribution in [-0.2, 0) is 4.74 Å². The van der Waals surface area contributed by atoms with Crippen molar-refractivity contribution >= 4 is 5.69 Å². The third-order valence-corrected chi connectivity index (χ3v) is 2.47. The van der Waals surface area contributed by atoms with Gasteiger partial charge in [-0.25, -0.2) is 0 Å². The maximum atomic E-state index is 10.5. The molecule has 0 fully saturated rings. The van der Waals surface area contributed by atoms with E-state index in [2.05, 4.69) is 5.32 Å². The Morgan fingerprint density at radius 1 is 1.15 bits per heavy atom. The summed E-state index contributed by atoms with van der Waals surface area (Å²) in [5.41, 5.74) is 0.0540. The molecule has 0 saturated heterocycles. The Bertz CT molecular complexity index is 383. The lowest BCUT2D eigenvalue weighted by Gasteiger charge is -2.07. The second-order valence-corrected chi connectivity index (χ2v) is 4.04. The molecular formula is C13H20N2O5. The van der Waals surface area contributed by atoms with Crippen LogP contribution in [0.4, 0.5) is 5.69 Å². The van der Waals surface area contributed by atoms with E-state index in [1.807, 2.05) is 0 Å². The molecule has 112 valence electrons. The zero-order valence-corrected chi connectivity index (χ0v) is 11.3. The Labute approximate surface area is 117 Å². The fourth-order valence-corrected chi connectivity index (χ4v) is 1.50. The summed E-state index contributed by atoms with van der Waals surface area (Å²) in [5, 5.41) is 22.2. The minimum atomic E-state index is -0.440. The number of non-ortho nitro benzene ring substituents is 1. The Balaban J connectivity index is 2.02. The van der Waals surface area contributed by atoms with Crippen LogP contribution in [0.25, 0.3) is 0 Å². The lowest BCUT2D eigenvalue weighted by molar-refractivity contribution is -0.384. The van der Waals surface area contributed by atoms with Crippen LogP contribution in [0.2, 0.25) is 0 Å². The van der Waals surface area contributed by atoms with Crippen LogP contribution in [0.3, 0.4) is 0 Å². The predicted molar refractivity (Wildman–Crippen MR) is 74.0 cm³/mol. The number of rotatable bonds is 11. The Hall–Kier alpha value is -1.70.